The maximum Gasteiger partial charge on any atom is 0.227 e. The summed E-state index contributed by atoms with van der Waals surface area (Å²) in [7, 11) is 0. The van der Waals surface area contributed by atoms with Crippen molar-refractivity contribution < 1.29 is 14.3 Å². The third kappa shape index (κ3) is 5.39. The highest BCUT2D eigenvalue weighted by molar-refractivity contribution is 5.83. The summed E-state index contributed by atoms with van der Waals surface area (Å²) in [6, 6.07) is 6.01. The zero-order valence-corrected chi connectivity index (χ0v) is 11.7. The summed E-state index contributed by atoms with van der Waals surface area (Å²) in [5, 5.41) is 12.4. The van der Waals surface area contributed by atoms with E-state index in [0.29, 0.717) is 17.9 Å². The fourth-order valence-corrected chi connectivity index (χ4v) is 1.93. The predicted molar refractivity (Wildman–Crippen MR) is 73.3 cm³/mol. The van der Waals surface area contributed by atoms with Crippen molar-refractivity contribution >= 4 is 5.91 Å². The molecular formula is C15H22FNO2. The van der Waals surface area contributed by atoms with Crippen LogP contribution in [0.25, 0.3) is 0 Å². The minimum Gasteiger partial charge on any atom is -0.391 e. The Morgan fingerprint density at radius 3 is 2.63 bits per heavy atom. The molecule has 0 spiro atoms. The van der Waals surface area contributed by atoms with Gasteiger partial charge in [0.1, 0.15) is 5.82 Å². The lowest BCUT2D eigenvalue weighted by Crippen LogP contribution is -2.35. The van der Waals surface area contributed by atoms with Gasteiger partial charge in [-0.15, -0.1) is 0 Å². The minimum atomic E-state index is -0.538. The molecule has 1 rings (SSSR count). The Bertz CT molecular complexity index is 420. The number of aliphatic hydroxyl groups excluding tert-OH is 1. The number of rotatable bonds is 6. The van der Waals surface area contributed by atoms with Crippen molar-refractivity contribution in [2.24, 2.45) is 5.92 Å². The molecule has 3 nitrogen and oxygen atoms in total. The zero-order valence-electron chi connectivity index (χ0n) is 11.7. The van der Waals surface area contributed by atoms with Gasteiger partial charge in [0.05, 0.1) is 12.0 Å². The Balaban J connectivity index is 2.49. The molecule has 0 bridgehead atoms. The van der Waals surface area contributed by atoms with Gasteiger partial charge in [0.2, 0.25) is 5.91 Å². The van der Waals surface area contributed by atoms with E-state index in [4.69, 9.17) is 0 Å². The van der Waals surface area contributed by atoms with Crippen molar-refractivity contribution in [3.63, 3.8) is 0 Å². The molecule has 0 aliphatic heterocycles. The molecule has 0 aliphatic carbocycles. The molecule has 0 aliphatic rings. The van der Waals surface area contributed by atoms with E-state index in [1.807, 2.05) is 13.8 Å². The lowest BCUT2D eigenvalue weighted by atomic mass is 10.00. The van der Waals surface area contributed by atoms with Crippen molar-refractivity contribution in [3.8, 4) is 0 Å². The van der Waals surface area contributed by atoms with Crippen LogP contribution in [-0.4, -0.2) is 23.7 Å². The molecular weight excluding hydrogens is 245 g/mol. The van der Waals surface area contributed by atoms with Crippen LogP contribution in [0.1, 0.15) is 38.7 Å². The molecule has 4 heteroatoms. The average Bonchev–Trinajstić information content (AvgIpc) is 2.34. The Kier molecular flexibility index (Phi) is 5.96. The van der Waals surface area contributed by atoms with Crippen LogP contribution in [0, 0.1) is 11.7 Å². The van der Waals surface area contributed by atoms with Crippen molar-refractivity contribution in [2.75, 3.05) is 6.54 Å². The summed E-state index contributed by atoms with van der Waals surface area (Å²) >= 11 is 0. The van der Waals surface area contributed by atoms with Crippen LogP contribution in [0.3, 0.4) is 0 Å². The zero-order chi connectivity index (χ0) is 14.4. The van der Waals surface area contributed by atoms with Gasteiger partial charge in [-0.3, -0.25) is 4.79 Å². The molecule has 0 fully saturated rings. The molecule has 0 aromatic heterocycles. The number of hydrogen-bond acceptors (Lipinski definition) is 2. The van der Waals surface area contributed by atoms with Gasteiger partial charge in [0.15, 0.2) is 0 Å². The summed E-state index contributed by atoms with van der Waals surface area (Å²) in [6.45, 7) is 5.98. The van der Waals surface area contributed by atoms with E-state index < -0.39 is 12.0 Å². The van der Waals surface area contributed by atoms with Gasteiger partial charge in [0.25, 0.3) is 0 Å². The first-order valence-electron chi connectivity index (χ1n) is 6.61. The quantitative estimate of drug-likeness (QED) is 0.831. The molecule has 0 radical (unpaired) electrons. The Morgan fingerprint density at radius 2 is 2.05 bits per heavy atom. The average molecular weight is 267 g/mol. The summed E-state index contributed by atoms with van der Waals surface area (Å²) < 4.78 is 13.1. The highest BCUT2D eigenvalue weighted by Crippen LogP contribution is 2.16. The number of amides is 1. The highest BCUT2D eigenvalue weighted by atomic mass is 19.1. The van der Waals surface area contributed by atoms with Crippen molar-refractivity contribution in [3.05, 3.63) is 35.6 Å². The van der Waals surface area contributed by atoms with E-state index in [-0.39, 0.29) is 18.3 Å². The van der Waals surface area contributed by atoms with E-state index in [2.05, 4.69) is 5.32 Å². The normalized spacial score (nSPS) is 14.2. The Morgan fingerprint density at radius 1 is 1.37 bits per heavy atom. The first kappa shape index (κ1) is 15.6. The molecule has 1 amide bonds. The smallest absolute Gasteiger partial charge is 0.227 e. The van der Waals surface area contributed by atoms with Crippen LogP contribution in [0.2, 0.25) is 0 Å². The summed E-state index contributed by atoms with van der Waals surface area (Å²) in [5.41, 5.74) is 0.635. The van der Waals surface area contributed by atoms with E-state index in [9.17, 15) is 14.3 Å². The molecule has 2 atom stereocenters. The molecule has 1 aromatic rings. The fourth-order valence-electron chi connectivity index (χ4n) is 1.93. The first-order valence-corrected chi connectivity index (χ1v) is 6.61. The predicted octanol–water partition coefficient (Wildman–Crippen LogP) is 2.45. The van der Waals surface area contributed by atoms with Gasteiger partial charge in [0, 0.05) is 6.54 Å². The van der Waals surface area contributed by atoms with Gasteiger partial charge in [-0.2, -0.15) is 0 Å². The topological polar surface area (TPSA) is 49.3 Å². The van der Waals surface area contributed by atoms with Gasteiger partial charge < -0.3 is 10.4 Å². The monoisotopic (exact) mass is 267 g/mol. The molecule has 0 heterocycles. The number of halogens is 1. The molecule has 0 saturated heterocycles. The van der Waals surface area contributed by atoms with Crippen molar-refractivity contribution in [1.82, 2.24) is 5.32 Å². The van der Waals surface area contributed by atoms with Crippen LogP contribution in [0.4, 0.5) is 4.39 Å². The van der Waals surface area contributed by atoms with Crippen LogP contribution >= 0.6 is 0 Å². The largest absolute Gasteiger partial charge is 0.391 e. The van der Waals surface area contributed by atoms with E-state index in [0.717, 1.165) is 0 Å². The highest BCUT2D eigenvalue weighted by Gasteiger charge is 2.16. The number of carbonyl (C=O) groups excluding carboxylic acids is 1. The number of carbonyl (C=O) groups is 1. The summed E-state index contributed by atoms with van der Waals surface area (Å²) in [4.78, 5) is 11.9. The molecule has 2 unspecified atom stereocenters. The summed E-state index contributed by atoms with van der Waals surface area (Å²) in [5.74, 6) is -0.597. The van der Waals surface area contributed by atoms with Crippen LogP contribution in [0.15, 0.2) is 24.3 Å². The maximum absolute atomic E-state index is 13.1. The first-order chi connectivity index (χ1) is 8.90. The minimum absolute atomic E-state index is 0.201. The summed E-state index contributed by atoms with van der Waals surface area (Å²) in [6.07, 6.45) is 0.109. The van der Waals surface area contributed by atoms with Gasteiger partial charge in [-0.05, 0) is 37.0 Å². The van der Waals surface area contributed by atoms with Gasteiger partial charge in [-0.1, -0.05) is 26.0 Å². The molecule has 106 valence electrons. The second-order valence-corrected chi connectivity index (χ2v) is 5.31. The molecule has 0 saturated carbocycles. The van der Waals surface area contributed by atoms with Crippen LogP contribution in [0.5, 0.6) is 0 Å². The lowest BCUT2D eigenvalue weighted by Gasteiger charge is -2.16. The fraction of sp³-hybridized carbons (Fsp3) is 0.533. The van der Waals surface area contributed by atoms with E-state index >= 15 is 0 Å². The molecule has 2 N–H and O–H groups in total. The van der Waals surface area contributed by atoms with Crippen LogP contribution in [-0.2, 0) is 4.79 Å². The van der Waals surface area contributed by atoms with E-state index in [1.165, 1.54) is 12.1 Å². The SMILES string of the molecule is CC(C)CC(O)CNC(=O)C(C)c1cccc(F)c1. The third-order valence-corrected chi connectivity index (χ3v) is 3.00. The standard InChI is InChI=1S/C15H22FNO2/c1-10(2)7-14(18)9-17-15(19)11(3)12-5-4-6-13(16)8-12/h4-6,8,10-11,14,18H,7,9H2,1-3H3,(H,17,19). The van der Waals surface area contributed by atoms with Gasteiger partial charge in [-0.25, -0.2) is 4.39 Å². The van der Waals surface area contributed by atoms with Crippen molar-refractivity contribution in [2.45, 2.75) is 39.2 Å². The van der Waals surface area contributed by atoms with Crippen molar-refractivity contribution in [1.29, 1.82) is 0 Å². The number of aliphatic hydroxyl groups is 1. The number of hydrogen-bond donors (Lipinski definition) is 2. The van der Waals surface area contributed by atoms with Crippen LogP contribution < -0.4 is 5.32 Å². The second kappa shape index (κ2) is 7.24. The van der Waals surface area contributed by atoms with E-state index in [1.54, 1.807) is 19.1 Å². The second-order valence-electron chi connectivity index (χ2n) is 5.31. The molecule has 1 aromatic carbocycles. The maximum atomic E-state index is 13.1. The Labute approximate surface area is 113 Å². The third-order valence-electron chi connectivity index (χ3n) is 3.00. The Hall–Kier alpha value is -1.42. The van der Waals surface area contributed by atoms with Gasteiger partial charge >= 0.3 is 0 Å². The lowest BCUT2D eigenvalue weighted by molar-refractivity contribution is -0.122. The molecule has 19 heavy (non-hydrogen) atoms. The number of nitrogens with one attached hydrogen (secondary N) is 1. The number of benzene rings is 1.